The van der Waals surface area contributed by atoms with Crippen molar-refractivity contribution in [3.63, 3.8) is 0 Å². The number of rotatable bonds is 5. The number of nitrogens with two attached hydrogens (primary N) is 1. The minimum Gasteiger partial charge on any atom is -0.497 e. The maximum Gasteiger partial charge on any atom is 0.193 e. The highest BCUT2D eigenvalue weighted by Crippen LogP contribution is 2.50. The maximum absolute atomic E-state index is 6.32. The van der Waals surface area contributed by atoms with Crippen molar-refractivity contribution in [1.82, 2.24) is 0 Å². The molecule has 2 aromatic rings. The van der Waals surface area contributed by atoms with Crippen LogP contribution in [0.4, 0.5) is 5.69 Å². The van der Waals surface area contributed by atoms with Gasteiger partial charge in [-0.25, -0.2) is 0 Å². The summed E-state index contributed by atoms with van der Waals surface area (Å²) in [6.45, 7) is 0.638. The highest BCUT2D eigenvalue weighted by Gasteiger charge is 2.45. The molecule has 0 bridgehead atoms. The van der Waals surface area contributed by atoms with Crippen molar-refractivity contribution in [3.05, 3.63) is 59.1 Å². The molecule has 0 heterocycles. The van der Waals surface area contributed by atoms with E-state index in [-0.39, 0.29) is 29.4 Å². The van der Waals surface area contributed by atoms with Crippen LogP contribution in [0.3, 0.4) is 0 Å². The topological polar surface area (TPSA) is 59.6 Å². The molecule has 1 aliphatic carbocycles. The lowest BCUT2D eigenvalue weighted by Gasteiger charge is -2.15. The summed E-state index contributed by atoms with van der Waals surface area (Å²) in [6, 6.07) is 15.6. The number of aliphatic imine (C=N–C) groups is 1. The number of methoxy groups -OCH3 is 1. The average Bonchev–Trinajstić information content (AvgIpc) is 3.35. The highest BCUT2D eigenvalue weighted by atomic mass is 127. The van der Waals surface area contributed by atoms with Crippen molar-refractivity contribution in [1.29, 1.82) is 0 Å². The summed E-state index contributed by atoms with van der Waals surface area (Å²) in [5, 5.41) is 3.90. The fourth-order valence-electron chi connectivity index (χ4n) is 2.68. The zero-order valence-electron chi connectivity index (χ0n) is 13.5. The van der Waals surface area contributed by atoms with Crippen molar-refractivity contribution in [3.8, 4) is 5.75 Å². The Morgan fingerprint density at radius 2 is 2.00 bits per heavy atom. The molecule has 3 rings (SSSR count). The molecule has 0 aromatic heterocycles. The van der Waals surface area contributed by atoms with Crippen molar-refractivity contribution in [2.45, 2.75) is 18.3 Å². The van der Waals surface area contributed by atoms with Crippen LogP contribution in [0.1, 0.15) is 18.4 Å². The van der Waals surface area contributed by atoms with Crippen LogP contribution >= 0.6 is 35.6 Å². The van der Waals surface area contributed by atoms with Crippen LogP contribution in [0.2, 0.25) is 5.02 Å². The van der Waals surface area contributed by atoms with Gasteiger partial charge in [0.25, 0.3) is 0 Å². The lowest BCUT2D eigenvalue weighted by Crippen LogP contribution is -2.25. The number of hydrogen-bond acceptors (Lipinski definition) is 2. The quantitative estimate of drug-likeness (QED) is 0.397. The van der Waals surface area contributed by atoms with Gasteiger partial charge in [0.05, 0.1) is 13.7 Å². The number of ether oxygens (including phenoxy) is 1. The zero-order valence-corrected chi connectivity index (χ0v) is 16.5. The monoisotopic (exact) mass is 457 g/mol. The van der Waals surface area contributed by atoms with E-state index in [4.69, 9.17) is 22.1 Å². The molecule has 0 unspecified atom stereocenters. The molecule has 0 radical (unpaired) electrons. The van der Waals surface area contributed by atoms with E-state index in [0.29, 0.717) is 12.5 Å². The van der Waals surface area contributed by atoms with E-state index in [9.17, 15) is 0 Å². The minimum atomic E-state index is 0. The molecular formula is C18H21ClIN3O. The molecule has 0 spiro atoms. The van der Waals surface area contributed by atoms with Crippen molar-refractivity contribution < 1.29 is 4.74 Å². The average molecular weight is 458 g/mol. The van der Waals surface area contributed by atoms with Gasteiger partial charge >= 0.3 is 0 Å². The molecule has 24 heavy (non-hydrogen) atoms. The van der Waals surface area contributed by atoms with Gasteiger partial charge in [-0.1, -0.05) is 35.9 Å². The smallest absolute Gasteiger partial charge is 0.193 e. The van der Waals surface area contributed by atoms with E-state index in [1.54, 1.807) is 7.11 Å². The predicted molar refractivity (Wildman–Crippen MR) is 111 cm³/mol. The predicted octanol–water partition coefficient (Wildman–Crippen LogP) is 4.43. The second-order valence-electron chi connectivity index (χ2n) is 5.82. The summed E-state index contributed by atoms with van der Waals surface area (Å²) in [5.74, 6) is 1.18. The Morgan fingerprint density at radius 3 is 2.67 bits per heavy atom. The number of anilines is 1. The first-order valence-corrected chi connectivity index (χ1v) is 7.97. The molecule has 1 saturated carbocycles. The largest absolute Gasteiger partial charge is 0.497 e. The lowest BCUT2D eigenvalue weighted by molar-refractivity contribution is 0.415. The molecule has 4 nitrogen and oxygen atoms in total. The molecule has 1 aliphatic rings. The first-order chi connectivity index (χ1) is 11.1. The summed E-state index contributed by atoms with van der Waals surface area (Å²) in [6.07, 6.45) is 2.18. The number of nitrogens with zero attached hydrogens (tertiary/aromatic N) is 1. The fourth-order valence-corrected chi connectivity index (χ4v) is 3.02. The van der Waals surface area contributed by atoms with E-state index < -0.39 is 0 Å². The third-order valence-electron chi connectivity index (χ3n) is 4.19. The van der Waals surface area contributed by atoms with E-state index in [1.165, 1.54) is 5.56 Å². The molecule has 2 aromatic carbocycles. The summed E-state index contributed by atoms with van der Waals surface area (Å²) < 4.78 is 5.20. The standard InChI is InChI=1S/C18H20ClN3O.HI/c1-23-14-6-4-5-13(11-14)22-17(20)21-12-18(9-10-18)15-7-2-3-8-16(15)19;/h2-8,11H,9-10,12H2,1H3,(H3,20,21,22);1H. The molecule has 6 heteroatoms. The van der Waals surface area contributed by atoms with E-state index >= 15 is 0 Å². The Kier molecular flexibility index (Phi) is 6.34. The second kappa shape index (κ2) is 8.07. The SMILES string of the molecule is COc1cccc(NC(N)=NCC2(c3ccccc3Cl)CC2)c1.I. The number of guanidine groups is 1. The number of benzene rings is 2. The Morgan fingerprint density at radius 1 is 1.25 bits per heavy atom. The summed E-state index contributed by atoms with van der Waals surface area (Å²) in [7, 11) is 1.64. The Hall–Kier alpha value is -1.47. The normalized spacial score (nSPS) is 15.3. The van der Waals surface area contributed by atoms with Crippen molar-refractivity contribution in [2.24, 2.45) is 10.7 Å². The van der Waals surface area contributed by atoms with Gasteiger partial charge in [0.15, 0.2) is 5.96 Å². The maximum atomic E-state index is 6.32. The van der Waals surface area contributed by atoms with Gasteiger partial charge in [-0.2, -0.15) is 0 Å². The number of nitrogens with one attached hydrogen (secondary N) is 1. The zero-order chi connectivity index (χ0) is 16.3. The molecule has 0 saturated heterocycles. The second-order valence-corrected chi connectivity index (χ2v) is 6.23. The first-order valence-electron chi connectivity index (χ1n) is 7.59. The first kappa shape index (κ1) is 18.9. The third kappa shape index (κ3) is 4.33. The van der Waals surface area contributed by atoms with Gasteiger partial charge in [0, 0.05) is 22.2 Å². The van der Waals surface area contributed by atoms with Crippen molar-refractivity contribution in [2.75, 3.05) is 19.0 Å². The number of halogens is 2. The van der Waals surface area contributed by atoms with Gasteiger partial charge in [-0.15, -0.1) is 24.0 Å². The van der Waals surface area contributed by atoms with Crippen LogP contribution in [0.15, 0.2) is 53.5 Å². The summed E-state index contributed by atoms with van der Waals surface area (Å²) in [5.41, 5.74) is 8.08. The van der Waals surface area contributed by atoms with E-state index in [1.807, 2.05) is 42.5 Å². The molecule has 0 aliphatic heterocycles. The van der Waals surface area contributed by atoms with Gasteiger partial charge in [0.2, 0.25) is 0 Å². The van der Waals surface area contributed by atoms with Gasteiger partial charge in [-0.05, 0) is 36.6 Å². The van der Waals surface area contributed by atoms with Crippen LogP contribution in [-0.4, -0.2) is 19.6 Å². The Labute approximate surface area is 164 Å². The van der Waals surface area contributed by atoms with Gasteiger partial charge in [0.1, 0.15) is 5.75 Å². The van der Waals surface area contributed by atoms with Crippen LogP contribution in [0, 0.1) is 0 Å². The highest BCUT2D eigenvalue weighted by molar-refractivity contribution is 14.0. The molecular weight excluding hydrogens is 437 g/mol. The molecule has 1 fully saturated rings. The Balaban J connectivity index is 0.00000208. The van der Waals surface area contributed by atoms with E-state index in [0.717, 1.165) is 29.3 Å². The fraction of sp³-hybridized carbons (Fsp3) is 0.278. The third-order valence-corrected chi connectivity index (χ3v) is 4.52. The van der Waals surface area contributed by atoms with Crippen LogP contribution < -0.4 is 15.8 Å². The van der Waals surface area contributed by atoms with Crippen LogP contribution in [-0.2, 0) is 5.41 Å². The molecule has 3 N–H and O–H groups in total. The number of hydrogen-bond donors (Lipinski definition) is 2. The molecule has 0 amide bonds. The van der Waals surface area contributed by atoms with Crippen LogP contribution in [0.5, 0.6) is 5.75 Å². The van der Waals surface area contributed by atoms with Crippen molar-refractivity contribution >= 4 is 47.2 Å². The lowest BCUT2D eigenvalue weighted by atomic mass is 9.96. The Bertz CT molecular complexity index is 732. The molecule has 0 atom stereocenters. The summed E-state index contributed by atoms with van der Waals surface area (Å²) in [4.78, 5) is 4.51. The van der Waals surface area contributed by atoms with E-state index in [2.05, 4.69) is 16.4 Å². The minimum absolute atomic E-state index is 0. The molecule has 128 valence electrons. The summed E-state index contributed by atoms with van der Waals surface area (Å²) >= 11 is 6.32. The van der Waals surface area contributed by atoms with Crippen LogP contribution in [0.25, 0.3) is 0 Å². The van der Waals surface area contributed by atoms with Gasteiger partial charge < -0.3 is 15.8 Å². The van der Waals surface area contributed by atoms with Gasteiger partial charge in [-0.3, -0.25) is 4.99 Å².